The average Bonchev–Trinajstić information content (AvgIpc) is 2.46. The maximum absolute atomic E-state index is 10.8. The predicted molar refractivity (Wildman–Crippen MR) is 82.7 cm³/mol. The van der Waals surface area contributed by atoms with Crippen LogP contribution in [0.5, 0.6) is 0 Å². The smallest absolute Gasteiger partial charge is 0.324 e. The molecule has 0 aliphatic carbocycles. The molecule has 0 aliphatic heterocycles. The Balaban J connectivity index is 2.09. The van der Waals surface area contributed by atoms with Crippen LogP contribution in [0.15, 0.2) is 47.5 Å². The number of carbonyl (C=O) groups is 1. The maximum Gasteiger partial charge on any atom is 0.326 e. The monoisotopic (exact) mass is 323 g/mol. The van der Waals surface area contributed by atoms with Gasteiger partial charge in [0.15, 0.2) is 0 Å². The van der Waals surface area contributed by atoms with E-state index in [0.717, 1.165) is 22.4 Å². The van der Waals surface area contributed by atoms with Crippen molar-refractivity contribution >= 4 is 25.6 Å². The molecule has 1 heterocycles. The van der Waals surface area contributed by atoms with Crippen LogP contribution in [0.1, 0.15) is 10.4 Å². The van der Waals surface area contributed by atoms with Gasteiger partial charge in [-0.25, -0.2) is 0 Å². The SMILES string of the molecule is O=Cc1ccc(-c2cc(SCCP(=O)(O)O)ccn2)cc1. The number of aldehydes is 1. The first-order valence-corrected chi connectivity index (χ1v) is 8.95. The van der Waals surface area contributed by atoms with Crippen molar-refractivity contribution in [3.8, 4) is 11.3 Å². The van der Waals surface area contributed by atoms with Crippen LogP contribution >= 0.6 is 19.4 Å². The molecule has 0 saturated carbocycles. The van der Waals surface area contributed by atoms with E-state index in [-0.39, 0.29) is 6.16 Å². The van der Waals surface area contributed by atoms with Gasteiger partial charge in [0.1, 0.15) is 6.29 Å². The average molecular weight is 323 g/mol. The molecule has 0 spiro atoms. The van der Waals surface area contributed by atoms with Crippen molar-refractivity contribution in [1.82, 2.24) is 4.98 Å². The Kier molecular flexibility index (Phi) is 5.31. The highest BCUT2D eigenvalue weighted by Gasteiger charge is 2.12. The van der Waals surface area contributed by atoms with Crippen LogP contribution in [-0.2, 0) is 4.57 Å². The van der Waals surface area contributed by atoms with E-state index in [1.807, 2.05) is 18.2 Å². The molecule has 2 aromatic rings. The molecule has 0 radical (unpaired) electrons. The summed E-state index contributed by atoms with van der Waals surface area (Å²) in [5, 5.41) is 0. The Hall–Kier alpha value is -1.46. The summed E-state index contributed by atoms with van der Waals surface area (Å²) in [6.45, 7) is 0. The Morgan fingerprint density at radius 2 is 1.90 bits per heavy atom. The van der Waals surface area contributed by atoms with Gasteiger partial charge in [-0.2, -0.15) is 0 Å². The summed E-state index contributed by atoms with van der Waals surface area (Å²) in [7, 11) is -3.95. The molecule has 110 valence electrons. The zero-order valence-corrected chi connectivity index (χ0v) is 12.8. The number of aromatic nitrogens is 1. The number of rotatable bonds is 6. The Bertz CT molecular complexity index is 669. The normalized spacial score (nSPS) is 11.3. The number of hydrogen-bond acceptors (Lipinski definition) is 4. The van der Waals surface area contributed by atoms with Gasteiger partial charge in [0.2, 0.25) is 0 Å². The maximum atomic E-state index is 10.8. The lowest BCUT2D eigenvalue weighted by Gasteiger charge is -2.06. The largest absolute Gasteiger partial charge is 0.326 e. The highest BCUT2D eigenvalue weighted by molar-refractivity contribution is 7.99. The molecule has 0 unspecified atom stereocenters. The van der Waals surface area contributed by atoms with Crippen molar-refractivity contribution in [3.05, 3.63) is 48.2 Å². The van der Waals surface area contributed by atoms with Gasteiger partial charge in [0.05, 0.1) is 11.9 Å². The van der Waals surface area contributed by atoms with Gasteiger partial charge in [-0.05, 0) is 12.1 Å². The molecule has 0 bridgehead atoms. The first kappa shape index (κ1) is 15.9. The molecule has 0 atom stereocenters. The molecule has 0 saturated heterocycles. The second-order valence-corrected chi connectivity index (χ2v) is 7.30. The number of carbonyl (C=O) groups excluding carboxylic acids is 1. The summed E-state index contributed by atoms with van der Waals surface area (Å²) in [6.07, 6.45) is 2.29. The van der Waals surface area contributed by atoms with Crippen LogP contribution in [0, 0.1) is 0 Å². The minimum absolute atomic E-state index is 0.149. The molecule has 5 nitrogen and oxygen atoms in total. The van der Waals surface area contributed by atoms with Gasteiger partial charge in [0.25, 0.3) is 0 Å². The standard InChI is InChI=1S/C14H14NO4PS/c16-10-11-1-3-12(4-2-11)14-9-13(5-6-15-14)21-8-7-20(17,18)19/h1-6,9-10H,7-8H2,(H2,17,18,19). The molecule has 0 fully saturated rings. The van der Waals surface area contributed by atoms with Gasteiger partial charge in [-0.15, -0.1) is 11.8 Å². The second-order valence-electron chi connectivity index (χ2n) is 4.35. The third-order valence-corrected chi connectivity index (χ3v) is 4.83. The molecule has 2 N–H and O–H groups in total. The molecular formula is C14H14NO4PS. The lowest BCUT2D eigenvalue weighted by molar-refractivity contribution is 0.112. The molecule has 1 aromatic heterocycles. The van der Waals surface area contributed by atoms with Gasteiger partial charge in [0, 0.05) is 28.0 Å². The van der Waals surface area contributed by atoms with Crippen LogP contribution < -0.4 is 0 Å². The summed E-state index contributed by atoms with van der Waals surface area (Å²) in [5.74, 6) is 0.345. The molecule has 21 heavy (non-hydrogen) atoms. The van der Waals surface area contributed by atoms with Crippen LogP contribution in [0.25, 0.3) is 11.3 Å². The molecular weight excluding hydrogens is 309 g/mol. The third-order valence-electron chi connectivity index (χ3n) is 2.73. The lowest BCUT2D eigenvalue weighted by Crippen LogP contribution is -1.91. The van der Waals surface area contributed by atoms with Crippen LogP contribution in [-0.4, -0.2) is 33.0 Å². The number of benzene rings is 1. The summed E-state index contributed by atoms with van der Waals surface area (Å²) in [6, 6.07) is 10.7. The van der Waals surface area contributed by atoms with E-state index in [1.54, 1.807) is 24.4 Å². The highest BCUT2D eigenvalue weighted by Crippen LogP contribution is 2.36. The van der Waals surface area contributed by atoms with Crippen molar-refractivity contribution in [2.24, 2.45) is 0 Å². The molecule has 0 aliphatic rings. The summed E-state index contributed by atoms with van der Waals surface area (Å²) in [5.41, 5.74) is 2.25. The summed E-state index contributed by atoms with van der Waals surface area (Å²) in [4.78, 5) is 33.5. The van der Waals surface area contributed by atoms with E-state index in [9.17, 15) is 9.36 Å². The summed E-state index contributed by atoms with van der Waals surface area (Å²) < 4.78 is 10.8. The second kappa shape index (κ2) is 7.00. The zero-order chi connectivity index (χ0) is 15.3. The van der Waals surface area contributed by atoms with Crippen molar-refractivity contribution in [2.45, 2.75) is 4.90 Å². The van der Waals surface area contributed by atoms with Crippen LogP contribution in [0.2, 0.25) is 0 Å². The quantitative estimate of drug-likeness (QED) is 0.483. The molecule has 0 amide bonds. The van der Waals surface area contributed by atoms with Gasteiger partial charge in [-0.3, -0.25) is 14.3 Å². The lowest BCUT2D eigenvalue weighted by atomic mass is 10.1. The number of thioether (sulfide) groups is 1. The fraction of sp³-hybridized carbons (Fsp3) is 0.143. The molecule has 1 aromatic carbocycles. The fourth-order valence-corrected chi connectivity index (χ4v) is 3.58. The van der Waals surface area contributed by atoms with E-state index < -0.39 is 7.60 Å². The molecule has 7 heteroatoms. The third kappa shape index (κ3) is 5.10. The van der Waals surface area contributed by atoms with E-state index in [2.05, 4.69) is 4.98 Å². The minimum atomic E-state index is -3.95. The number of hydrogen-bond donors (Lipinski definition) is 2. The van der Waals surface area contributed by atoms with Crippen LogP contribution in [0.3, 0.4) is 0 Å². The highest BCUT2D eigenvalue weighted by atomic mass is 32.2. The fourth-order valence-electron chi connectivity index (χ4n) is 1.67. The molecule has 2 rings (SSSR count). The summed E-state index contributed by atoms with van der Waals surface area (Å²) >= 11 is 1.38. The number of pyridine rings is 1. The topological polar surface area (TPSA) is 87.5 Å². The van der Waals surface area contributed by atoms with Gasteiger partial charge >= 0.3 is 7.60 Å². The van der Waals surface area contributed by atoms with Crippen molar-refractivity contribution in [1.29, 1.82) is 0 Å². The first-order valence-electron chi connectivity index (χ1n) is 6.17. The van der Waals surface area contributed by atoms with E-state index in [4.69, 9.17) is 9.79 Å². The van der Waals surface area contributed by atoms with Crippen molar-refractivity contribution in [3.63, 3.8) is 0 Å². The van der Waals surface area contributed by atoms with Gasteiger partial charge in [-0.1, -0.05) is 24.3 Å². The zero-order valence-electron chi connectivity index (χ0n) is 11.0. The van der Waals surface area contributed by atoms with E-state index in [1.165, 1.54) is 11.8 Å². The first-order chi connectivity index (χ1) is 9.98. The van der Waals surface area contributed by atoms with Crippen molar-refractivity contribution < 1.29 is 19.1 Å². The minimum Gasteiger partial charge on any atom is -0.324 e. The van der Waals surface area contributed by atoms with Crippen LogP contribution in [0.4, 0.5) is 0 Å². The Labute approximate surface area is 126 Å². The van der Waals surface area contributed by atoms with E-state index in [0.29, 0.717) is 11.3 Å². The Morgan fingerprint density at radius 1 is 1.19 bits per heavy atom. The van der Waals surface area contributed by atoms with Crippen molar-refractivity contribution in [2.75, 3.05) is 11.9 Å². The van der Waals surface area contributed by atoms with Gasteiger partial charge < -0.3 is 9.79 Å². The predicted octanol–water partition coefficient (Wildman–Crippen LogP) is 2.83. The number of nitrogens with zero attached hydrogens (tertiary/aromatic N) is 1. The Morgan fingerprint density at radius 3 is 2.52 bits per heavy atom. The van der Waals surface area contributed by atoms with E-state index >= 15 is 0 Å².